The van der Waals surface area contributed by atoms with Crippen LogP contribution in [0.4, 0.5) is 0 Å². The van der Waals surface area contributed by atoms with E-state index in [2.05, 4.69) is 33.8 Å². The second kappa shape index (κ2) is 5.09. The van der Waals surface area contributed by atoms with Gasteiger partial charge in [-0.15, -0.1) is 0 Å². The van der Waals surface area contributed by atoms with Gasteiger partial charge in [0.1, 0.15) is 0 Å². The molecule has 1 N–H and O–H groups in total. The van der Waals surface area contributed by atoms with Crippen molar-refractivity contribution in [3.63, 3.8) is 0 Å². The predicted octanol–water partition coefficient (Wildman–Crippen LogP) is 2.79. The molecule has 1 heterocycles. The number of benzene rings is 1. The maximum absolute atomic E-state index is 10.6. The Labute approximate surface area is 115 Å². The van der Waals surface area contributed by atoms with Crippen LogP contribution in [0, 0.1) is 0 Å². The minimum atomic E-state index is -0.810. The summed E-state index contributed by atoms with van der Waals surface area (Å²) in [4.78, 5) is 14.9. The normalized spacial score (nSPS) is 21.3. The fraction of sp³-hybridized carbons (Fsp3) is 0.286. The van der Waals surface area contributed by atoms with Gasteiger partial charge in [0.25, 0.3) is 0 Å². The molecule has 5 heteroatoms. The quantitative estimate of drug-likeness (QED) is 0.852. The number of aliphatic carboxylic acids is 1. The third-order valence-corrected chi connectivity index (χ3v) is 4.27. The lowest BCUT2D eigenvalue weighted by molar-refractivity contribution is -0.133. The number of aromatic nitrogens is 2. The first kappa shape index (κ1) is 12.3. The van der Waals surface area contributed by atoms with Crippen LogP contribution < -0.4 is 0 Å². The Morgan fingerprint density at radius 1 is 1.42 bits per heavy atom. The van der Waals surface area contributed by atoms with Gasteiger partial charge in [0.05, 0.1) is 5.75 Å². The third-order valence-electron chi connectivity index (χ3n) is 3.30. The van der Waals surface area contributed by atoms with Gasteiger partial charge in [-0.25, -0.2) is 4.98 Å². The van der Waals surface area contributed by atoms with Crippen LogP contribution in [0.1, 0.15) is 23.9 Å². The Morgan fingerprint density at radius 2 is 2.21 bits per heavy atom. The molecule has 1 aliphatic carbocycles. The number of carboxylic acid groups (broad SMARTS) is 1. The molecule has 1 aromatic heterocycles. The van der Waals surface area contributed by atoms with Crippen molar-refractivity contribution in [1.29, 1.82) is 0 Å². The second-order valence-electron chi connectivity index (χ2n) is 4.62. The number of nitrogens with zero attached hydrogens (tertiary/aromatic N) is 2. The number of rotatable bonds is 5. The number of carbonyl (C=O) groups is 1. The van der Waals surface area contributed by atoms with Gasteiger partial charge >= 0.3 is 5.97 Å². The van der Waals surface area contributed by atoms with Crippen LogP contribution in [-0.4, -0.2) is 26.4 Å². The number of thioether (sulfide) groups is 1. The van der Waals surface area contributed by atoms with Gasteiger partial charge < -0.3 is 9.67 Å². The molecule has 19 heavy (non-hydrogen) atoms. The maximum atomic E-state index is 10.6. The van der Waals surface area contributed by atoms with Crippen LogP contribution in [0.25, 0.3) is 0 Å². The van der Waals surface area contributed by atoms with E-state index in [0.717, 1.165) is 11.6 Å². The highest BCUT2D eigenvalue weighted by Gasteiger charge is 2.40. The molecule has 0 amide bonds. The average Bonchev–Trinajstić information content (AvgIpc) is 3.08. The van der Waals surface area contributed by atoms with Gasteiger partial charge in [-0.2, -0.15) is 0 Å². The van der Waals surface area contributed by atoms with Gasteiger partial charge in [-0.3, -0.25) is 4.79 Å². The van der Waals surface area contributed by atoms with Gasteiger partial charge in [-0.05, 0) is 12.0 Å². The molecular weight excluding hydrogens is 260 g/mol. The van der Waals surface area contributed by atoms with Crippen molar-refractivity contribution in [3.05, 3.63) is 48.3 Å². The number of hydrogen-bond acceptors (Lipinski definition) is 3. The van der Waals surface area contributed by atoms with Gasteiger partial charge in [0, 0.05) is 24.4 Å². The lowest BCUT2D eigenvalue weighted by Crippen LogP contribution is -2.02. The average molecular weight is 274 g/mol. The molecule has 4 nitrogen and oxygen atoms in total. The molecular formula is C14H14N2O2S. The van der Waals surface area contributed by atoms with E-state index in [1.54, 1.807) is 6.20 Å². The van der Waals surface area contributed by atoms with Crippen LogP contribution in [0.3, 0.4) is 0 Å². The molecule has 98 valence electrons. The highest BCUT2D eigenvalue weighted by atomic mass is 32.2. The molecule has 0 saturated heterocycles. The van der Waals surface area contributed by atoms with E-state index in [1.807, 2.05) is 12.3 Å². The molecule has 2 atom stereocenters. The van der Waals surface area contributed by atoms with Crippen molar-refractivity contribution in [3.8, 4) is 0 Å². The van der Waals surface area contributed by atoms with E-state index in [1.165, 1.54) is 17.3 Å². The number of imidazole rings is 1. The van der Waals surface area contributed by atoms with E-state index in [4.69, 9.17) is 5.11 Å². The predicted molar refractivity (Wildman–Crippen MR) is 73.4 cm³/mol. The van der Waals surface area contributed by atoms with Crippen LogP contribution in [0.15, 0.2) is 47.9 Å². The van der Waals surface area contributed by atoms with E-state index in [9.17, 15) is 4.79 Å². The fourth-order valence-electron chi connectivity index (χ4n) is 2.34. The van der Waals surface area contributed by atoms with Gasteiger partial charge in [-0.1, -0.05) is 42.1 Å². The molecule has 1 aromatic carbocycles. The van der Waals surface area contributed by atoms with Crippen molar-refractivity contribution in [2.75, 3.05) is 5.75 Å². The first-order valence-electron chi connectivity index (χ1n) is 6.18. The summed E-state index contributed by atoms with van der Waals surface area (Å²) in [5.41, 5.74) is 1.34. The summed E-state index contributed by atoms with van der Waals surface area (Å²) in [5.74, 6) is -0.228. The van der Waals surface area contributed by atoms with E-state index in [0.29, 0.717) is 12.0 Å². The van der Waals surface area contributed by atoms with Crippen molar-refractivity contribution in [2.45, 2.75) is 23.5 Å². The van der Waals surface area contributed by atoms with E-state index in [-0.39, 0.29) is 5.75 Å². The van der Waals surface area contributed by atoms with Crippen molar-refractivity contribution in [2.24, 2.45) is 0 Å². The zero-order chi connectivity index (χ0) is 13.2. The molecule has 1 fully saturated rings. The molecule has 2 aromatic rings. The lowest BCUT2D eigenvalue weighted by atomic mass is 10.1. The van der Waals surface area contributed by atoms with Crippen LogP contribution in [-0.2, 0) is 4.79 Å². The SMILES string of the molecule is O=C(O)CSc1nccn1C1CC1c1ccccc1. The summed E-state index contributed by atoms with van der Waals surface area (Å²) in [6, 6.07) is 10.8. The molecule has 1 aliphatic rings. The monoisotopic (exact) mass is 274 g/mol. The number of hydrogen-bond donors (Lipinski definition) is 1. The van der Waals surface area contributed by atoms with E-state index < -0.39 is 5.97 Å². The Bertz CT molecular complexity index is 582. The van der Waals surface area contributed by atoms with Crippen LogP contribution in [0.2, 0.25) is 0 Å². The molecule has 0 bridgehead atoms. The minimum absolute atomic E-state index is 0.0553. The highest BCUT2D eigenvalue weighted by Crippen LogP contribution is 2.52. The summed E-state index contributed by atoms with van der Waals surface area (Å²) in [6.07, 6.45) is 4.78. The third kappa shape index (κ3) is 2.66. The first-order valence-corrected chi connectivity index (χ1v) is 7.16. The van der Waals surface area contributed by atoms with Crippen molar-refractivity contribution < 1.29 is 9.90 Å². The Kier molecular flexibility index (Phi) is 3.29. The summed E-state index contributed by atoms with van der Waals surface area (Å²) < 4.78 is 2.10. The first-order chi connectivity index (χ1) is 9.25. The van der Waals surface area contributed by atoms with E-state index >= 15 is 0 Å². The summed E-state index contributed by atoms with van der Waals surface area (Å²) in [7, 11) is 0. The highest BCUT2D eigenvalue weighted by molar-refractivity contribution is 7.99. The van der Waals surface area contributed by atoms with Crippen molar-refractivity contribution >= 4 is 17.7 Å². The van der Waals surface area contributed by atoms with Gasteiger partial charge in [0.15, 0.2) is 5.16 Å². The molecule has 2 unspecified atom stereocenters. The summed E-state index contributed by atoms with van der Waals surface area (Å²) in [5, 5.41) is 9.53. The molecule has 3 rings (SSSR count). The lowest BCUT2D eigenvalue weighted by Gasteiger charge is -2.06. The maximum Gasteiger partial charge on any atom is 0.313 e. The molecule has 1 saturated carbocycles. The zero-order valence-electron chi connectivity index (χ0n) is 10.3. The zero-order valence-corrected chi connectivity index (χ0v) is 11.1. The van der Waals surface area contributed by atoms with Gasteiger partial charge in [0.2, 0.25) is 0 Å². The second-order valence-corrected chi connectivity index (χ2v) is 5.56. The molecule has 0 aliphatic heterocycles. The number of carboxylic acids is 1. The Morgan fingerprint density at radius 3 is 2.95 bits per heavy atom. The fourth-order valence-corrected chi connectivity index (χ4v) is 3.07. The van der Waals surface area contributed by atoms with Crippen LogP contribution >= 0.6 is 11.8 Å². The Balaban J connectivity index is 1.72. The van der Waals surface area contributed by atoms with Crippen LogP contribution in [0.5, 0.6) is 0 Å². The Hall–Kier alpha value is -1.75. The smallest absolute Gasteiger partial charge is 0.313 e. The molecule has 0 spiro atoms. The summed E-state index contributed by atoms with van der Waals surface area (Å²) in [6.45, 7) is 0. The van der Waals surface area contributed by atoms with Crippen molar-refractivity contribution in [1.82, 2.24) is 9.55 Å². The minimum Gasteiger partial charge on any atom is -0.481 e. The standard InChI is InChI=1S/C14H14N2O2S/c17-13(18)9-19-14-15-6-7-16(14)12-8-11(12)10-4-2-1-3-5-10/h1-7,11-12H,8-9H2,(H,17,18). The topological polar surface area (TPSA) is 55.1 Å². The largest absolute Gasteiger partial charge is 0.481 e. The summed E-state index contributed by atoms with van der Waals surface area (Å²) >= 11 is 1.28. The molecule has 0 radical (unpaired) electrons.